The van der Waals surface area contributed by atoms with Crippen LogP contribution in [0, 0.1) is 5.41 Å². The van der Waals surface area contributed by atoms with Crippen LogP contribution in [-0.4, -0.2) is 19.0 Å². The zero-order chi connectivity index (χ0) is 11.4. The number of ether oxygens (including phenoxy) is 1. The number of hydrogen-bond acceptors (Lipinski definition) is 3. The largest absolute Gasteiger partial charge is 0.360 e. The Morgan fingerprint density at radius 2 is 2.31 bits per heavy atom. The third-order valence-electron chi connectivity index (χ3n) is 2.67. The normalized spacial score (nSPS) is 20.4. The average molecular weight is 283 g/mol. The van der Waals surface area contributed by atoms with Crippen LogP contribution in [0.3, 0.4) is 0 Å². The van der Waals surface area contributed by atoms with Crippen LogP contribution in [0.4, 0.5) is 5.69 Å². The van der Waals surface area contributed by atoms with Gasteiger partial charge in [0.25, 0.3) is 0 Å². The van der Waals surface area contributed by atoms with Crippen LogP contribution in [0.25, 0.3) is 0 Å². The van der Waals surface area contributed by atoms with Crippen LogP contribution < -0.4 is 5.32 Å². The molecule has 3 nitrogen and oxygen atoms in total. The summed E-state index contributed by atoms with van der Waals surface area (Å²) in [7, 11) is 0. The maximum absolute atomic E-state index is 7.37. The average Bonchev–Trinajstić information content (AvgIpc) is 2.33. The molecule has 1 saturated heterocycles. The molecule has 1 fully saturated rings. The molecule has 1 aromatic rings. The highest BCUT2D eigenvalue weighted by Gasteiger charge is 2.14. The molecule has 1 aliphatic heterocycles. The molecular weight excluding hydrogens is 268 g/mol. The van der Waals surface area contributed by atoms with E-state index in [-0.39, 0.29) is 6.23 Å². The van der Waals surface area contributed by atoms with Crippen molar-refractivity contribution in [3.8, 4) is 0 Å². The molecule has 86 valence electrons. The number of nitrogens with one attached hydrogen (secondary N) is 2. The van der Waals surface area contributed by atoms with E-state index in [0.29, 0.717) is 0 Å². The lowest BCUT2D eigenvalue weighted by Gasteiger charge is -2.25. The Labute approximate surface area is 104 Å². The fraction of sp³-hybridized carbons (Fsp3) is 0.417. The first kappa shape index (κ1) is 11.6. The van der Waals surface area contributed by atoms with E-state index in [2.05, 4.69) is 21.2 Å². The summed E-state index contributed by atoms with van der Waals surface area (Å²) in [5.74, 6) is 0. The minimum atomic E-state index is 0.0913. The van der Waals surface area contributed by atoms with Gasteiger partial charge in [-0.25, -0.2) is 0 Å². The second-order valence-corrected chi connectivity index (χ2v) is 4.79. The third-order valence-corrected chi connectivity index (χ3v) is 3.16. The van der Waals surface area contributed by atoms with E-state index >= 15 is 0 Å². The van der Waals surface area contributed by atoms with E-state index in [9.17, 15) is 0 Å². The quantitative estimate of drug-likeness (QED) is 0.835. The Morgan fingerprint density at radius 3 is 3.00 bits per heavy atom. The zero-order valence-electron chi connectivity index (χ0n) is 9.00. The van der Waals surface area contributed by atoms with Gasteiger partial charge in [0.05, 0.1) is 0 Å². The summed E-state index contributed by atoms with van der Waals surface area (Å²) < 4.78 is 6.60. The topological polar surface area (TPSA) is 45.1 Å². The molecule has 0 saturated carbocycles. The summed E-state index contributed by atoms with van der Waals surface area (Å²) in [5, 5.41) is 10.7. The van der Waals surface area contributed by atoms with Crippen molar-refractivity contribution in [3.05, 3.63) is 28.2 Å². The number of anilines is 1. The fourth-order valence-electron chi connectivity index (χ4n) is 1.81. The minimum Gasteiger partial charge on any atom is -0.360 e. The van der Waals surface area contributed by atoms with Gasteiger partial charge in [-0.2, -0.15) is 0 Å². The second-order valence-electron chi connectivity index (χ2n) is 3.88. The van der Waals surface area contributed by atoms with E-state index in [1.807, 2.05) is 18.2 Å². The first-order valence-electron chi connectivity index (χ1n) is 5.48. The molecule has 1 unspecified atom stereocenters. The molecule has 0 bridgehead atoms. The van der Waals surface area contributed by atoms with Gasteiger partial charge in [-0.15, -0.1) is 0 Å². The van der Waals surface area contributed by atoms with Crippen LogP contribution in [-0.2, 0) is 4.74 Å². The Kier molecular flexibility index (Phi) is 3.96. The van der Waals surface area contributed by atoms with Crippen LogP contribution in [0.15, 0.2) is 22.7 Å². The van der Waals surface area contributed by atoms with E-state index in [0.717, 1.165) is 35.2 Å². The highest BCUT2D eigenvalue weighted by molar-refractivity contribution is 9.10. The van der Waals surface area contributed by atoms with Crippen molar-refractivity contribution in [1.82, 2.24) is 0 Å². The summed E-state index contributed by atoms with van der Waals surface area (Å²) in [5.41, 5.74) is 1.84. The van der Waals surface area contributed by atoms with E-state index < -0.39 is 0 Å². The summed E-state index contributed by atoms with van der Waals surface area (Å²) in [4.78, 5) is 0. The summed E-state index contributed by atoms with van der Waals surface area (Å²) in [6.07, 6.45) is 4.83. The van der Waals surface area contributed by atoms with Crippen LogP contribution >= 0.6 is 15.9 Å². The van der Waals surface area contributed by atoms with Crippen molar-refractivity contribution in [2.24, 2.45) is 0 Å². The maximum Gasteiger partial charge on any atom is 0.127 e. The molecule has 0 aliphatic carbocycles. The Balaban J connectivity index is 2.10. The predicted molar refractivity (Wildman–Crippen MR) is 69.2 cm³/mol. The van der Waals surface area contributed by atoms with Gasteiger partial charge in [-0.1, -0.05) is 15.9 Å². The molecule has 0 aromatic heterocycles. The van der Waals surface area contributed by atoms with Crippen LogP contribution in [0.1, 0.15) is 24.8 Å². The van der Waals surface area contributed by atoms with Gasteiger partial charge in [0, 0.05) is 28.5 Å². The molecule has 0 amide bonds. The lowest BCUT2D eigenvalue weighted by molar-refractivity contribution is 0.0343. The number of hydrogen-bond donors (Lipinski definition) is 2. The SMILES string of the molecule is N=Cc1cc(Br)ccc1NC1CCCCO1. The molecule has 1 heterocycles. The fourth-order valence-corrected chi connectivity index (χ4v) is 2.19. The maximum atomic E-state index is 7.37. The van der Waals surface area contributed by atoms with E-state index in [1.165, 1.54) is 12.6 Å². The molecule has 2 N–H and O–H groups in total. The molecule has 16 heavy (non-hydrogen) atoms. The molecular formula is C12H15BrN2O. The summed E-state index contributed by atoms with van der Waals surface area (Å²) in [6, 6.07) is 5.87. The molecule has 2 rings (SSSR count). The van der Waals surface area contributed by atoms with E-state index in [4.69, 9.17) is 10.1 Å². The van der Waals surface area contributed by atoms with Crippen molar-refractivity contribution in [2.75, 3.05) is 11.9 Å². The van der Waals surface area contributed by atoms with Gasteiger partial charge >= 0.3 is 0 Å². The highest BCUT2D eigenvalue weighted by Crippen LogP contribution is 2.22. The minimum absolute atomic E-state index is 0.0913. The standard InChI is InChI=1S/C12H15BrN2O/c13-10-4-5-11(9(7-10)8-14)15-12-3-1-2-6-16-12/h4-5,7-8,12,14-15H,1-3,6H2. The smallest absolute Gasteiger partial charge is 0.127 e. The van der Waals surface area contributed by atoms with Gasteiger partial charge in [-0.3, -0.25) is 0 Å². The van der Waals surface area contributed by atoms with Crippen LogP contribution in [0.5, 0.6) is 0 Å². The first-order chi connectivity index (χ1) is 7.79. The van der Waals surface area contributed by atoms with Gasteiger partial charge < -0.3 is 15.5 Å². The Morgan fingerprint density at radius 1 is 1.44 bits per heavy atom. The number of benzene rings is 1. The second kappa shape index (κ2) is 5.46. The zero-order valence-corrected chi connectivity index (χ0v) is 10.6. The molecule has 0 radical (unpaired) electrons. The first-order valence-corrected chi connectivity index (χ1v) is 6.27. The molecule has 1 aromatic carbocycles. The number of rotatable bonds is 3. The molecule has 1 aliphatic rings. The number of halogens is 1. The molecule has 1 atom stereocenters. The van der Waals surface area contributed by atoms with E-state index in [1.54, 1.807) is 0 Å². The monoisotopic (exact) mass is 282 g/mol. The molecule has 0 spiro atoms. The van der Waals surface area contributed by atoms with Gasteiger partial charge in [0.15, 0.2) is 0 Å². The van der Waals surface area contributed by atoms with Crippen molar-refractivity contribution in [1.29, 1.82) is 5.41 Å². The molecule has 4 heteroatoms. The highest BCUT2D eigenvalue weighted by atomic mass is 79.9. The van der Waals surface area contributed by atoms with Crippen molar-refractivity contribution in [3.63, 3.8) is 0 Å². The Bertz CT molecular complexity index is 375. The lowest BCUT2D eigenvalue weighted by Crippen LogP contribution is -2.27. The summed E-state index contributed by atoms with van der Waals surface area (Å²) >= 11 is 3.40. The lowest BCUT2D eigenvalue weighted by atomic mass is 10.1. The van der Waals surface area contributed by atoms with Crippen molar-refractivity contribution < 1.29 is 4.74 Å². The van der Waals surface area contributed by atoms with Gasteiger partial charge in [0.1, 0.15) is 6.23 Å². The van der Waals surface area contributed by atoms with Gasteiger partial charge in [0.2, 0.25) is 0 Å². The van der Waals surface area contributed by atoms with Crippen LogP contribution in [0.2, 0.25) is 0 Å². The van der Waals surface area contributed by atoms with Crippen molar-refractivity contribution in [2.45, 2.75) is 25.5 Å². The summed E-state index contributed by atoms with van der Waals surface area (Å²) in [6.45, 7) is 0.827. The van der Waals surface area contributed by atoms with Crippen molar-refractivity contribution >= 4 is 27.8 Å². The van der Waals surface area contributed by atoms with Gasteiger partial charge in [-0.05, 0) is 37.5 Å². The Hall–Kier alpha value is -0.870. The third kappa shape index (κ3) is 2.83. The predicted octanol–water partition coefficient (Wildman–Crippen LogP) is 3.39.